The molecule has 35 heavy (non-hydrogen) atoms. The summed E-state index contributed by atoms with van der Waals surface area (Å²) in [5.74, 6) is 0.286. The van der Waals surface area contributed by atoms with E-state index in [0.29, 0.717) is 0 Å². The van der Waals surface area contributed by atoms with Gasteiger partial charge in [-0.25, -0.2) is 0 Å². The van der Waals surface area contributed by atoms with Gasteiger partial charge in [-0.1, -0.05) is 133 Å². The number of rotatable bonds is 9. The summed E-state index contributed by atoms with van der Waals surface area (Å²) in [5.41, 5.74) is 6.41. The average Bonchev–Trinajstić information content (AvgIpc) is 3.38. The molecule has 2 nitrogen and oxygen atoms in total. The summed E-state index contributed by atoms with van der Waals surface area (Å²) < 4.78 is 2.38. The van der Waals surface area contributed by atoms with Crippen molar-refractivity contribution < 1.29 is 0 Å². The van der Waals surface area contributed by atoms with Gasteiger partial charge in [-0.3, -0.25) is 4.98 Å². The van der Waals surface area contributed by atoms with E-state index >= 15 is 0 Å². The zero-order chi connectivity index (χ0) is 23.7. The Balaban J connectivity index is 1.40. The summed E-state index contributed by atoms with van der Waals surface area (Å²) >= 11 is 0. The Bertz CT molecular complexity index is 1310. The molecule has 0 amide bonds. The second-order valence-corrected chi connectivity index (χ2v) is 10.5. The van der Waals surface area contributed by atoms with Crippen molar-refractivity contribution in [2.45, 2.75) is 12.0 Å². The molecule has 0 aliphatic heterocycles. The smallest absolute Gasteiger partial charge is 0.217 e. The van der Waals surface area contributed by atoms with Crippen LogP contribution in [0.3, 0.4) is 0 Å². The molecule has 4 heteroatoms. The maximum Gasteiger partial charge on any atom is 0.217 e. The molecule has 0 fully saturated rings. The van der Waals surface area contributed by atoms with Crippen LogP contribution in [0.2, 0.25) is 0 Å². The van der Waals surface area contributed by atoms with Crippen molar-refractivity contribution in [1.82, 2.24) is 9.55 Å². The lowest BCUT2D eigenvalue weighted by Crippen LogP contribution is -2.32. The number of nitrogens with zero attached hydrogens (tertiary/aromatic N) is 2. The van der Waals surface area contributed by atoms with Gasteiger partial charge in [0.2, 0.25) is 7.28 Å². The molecule has 0 radical (unpaired) electrons. The molecule has 1 aromatic heterocycles. The fourth-order valence-electron chi connectivity index (χ4n) is 4.66. The molecule has 0 aliphatic rings. The molecule has 1 heterocycles. The largest absolute Gasteiger partial charge is 0.346 e. The van der Waals surface area contributed by atoms with E-state index in [1.807, 2.05) is 6.20 Å². The summed E-state index contributed by atoms with van der Waals surface area (Å²) in [6.07, 6.45) is 7.51. The number of benzene rings is 4. The standard InChI is InChI=1S/C31H29BN2Si/c1-5-13-25(14-6-1)23-29(26-15-7-2-8-16-26)35-24-34-22-21-33-31(34)32-30(27-17-9-3-10-18-27)28-19-11-4-12-20-28/h1-23,30,32H,24,35H2. The average molecular weight is 468 g/mol. The second kappa shape index (κ2) is 11.5. The van der Waals surface area contributed by atoms with Gasteiger partial charge < -0.3 is 4.57 Å². The van der Waals surface area contributed by atoms with Crippen LogP contribution in [-0.2, 0) is 6.17 Å². The van der Waals surface area contributed by atoms with Crippen LogP contribution in [0.25, 0.3) is 11.3 Å². The number of hydrogen-bond acceptors (Lipinski definition) is 1. The van der Waals surface area contributed by atoms with E-state index < -0.39 is 9.52 Å². The molecule has 0 atom stereocenters. The van der Waals surface area contributed by atoms with Gasteiger partial charge >= 0.3 is 0 Å². The number of imidazole rings is 1. The maximum atomic E-state index is 4.81. The van der Waals surface area contributed by atoms with Crippen molar-refractivity contribution in [3.63, 3.8) is 0 Å². The molecular weight excluding hydrogens is 439 g/mol. The summed E-state index contributed by atoms with van der Waals surface area (Å²) in [6.45, 7) is 0. The van der Waals surface area contributed by atoms with Crippen molar-refractivity contribution in [2.75, 3.05) is 0 Å². The lowest BCUT2D eigenvalue weighted by atomic mass is 9.58. The maximum absolute atomic E-state index is 4.81. The van der Waals surface area contributed by atoms with Gasteiger partial charge in [0.25, 0.3) is 0 Å². The van der Waals surface area contributed by atoms with Crippen molar-refractivity contribution in [2.24, 2.45) is 0 Å². The Morgan fingerprint density at radius 1 is 0.743 bits per heavy atom. The summed E-state index contributed by atoms with van der Waals surface area (Å²) in [6, 6.07) is 43.1. The van der Waals surface area contributed by atoms with Gasteiger partial charge in [-0.2, -0.15) is 0 Å². The molecule has 5 aromatic rings. The van der Waals surface area contributed by atoms with Gasteiger partial charge in [-0.05, 0) is 28.1 Å². The predicted octanol–water partition coefficient (Wildman–Crippen LogP) is 5.06. The minimum atomic E-state index is -0.583. The normalized spacial score (nSPS) is 11.9. The van der Waals surface area contributed by atoms with Crippen LogP contribution in [-0.4, -0.2) is 26.4 Å². The number of aromatic nitrogens is 2. The van der Waals surface area contributed by atoms with E-state index in [2.05, 4.69) is 138 Å². The van der Waals surface area contributed by atoms with E-state index in [4.69, 9.17) is 4.98 Å². The minimum Gasteiger partial charge on any atom is -0.346 e. The van der Waals surface area contributed by atoms with Crippen LogP contribution in [0.15, 0.2) is 134 Å². The minimum absolute atomic E-state index is 0.286. The van der Waals surface area contributed by atoms with Gasteiger partial charge in [0, 0.05) is 18.6 Å². The van der Waals surface area contributed by atoms with E-state index in [1.54, 1.807) is 0 Å². The predicted molar refractivity (Wildman–Crippen MR) is 153 cm³/mol. The van der Waals surface area contributed by atoms with E-state index in [9.17, 15) is 0 Å². The Kier molecular flexibility index (Phi) is 7.52. The van der Waals surface area contributed by atoms with Crippen LogP contribution in [0.1, 0.15) is 28.1 Å². The monoisotopic (exact) mass is 468 g/mol. The molecule has 0 saturated heterocycles. The molecule has 0 unspecified atom stereocenters. The molecule has 0 saturated carbocycles. The Morgan fingerprint density at radius 3 is 1.89 bits per heavy atom. The highest BCUT2D eigenvalue weighted by Crippen LogP contribution is 2.23. The molecule has 4 aromatic carbocycles. The summed E-state index contributed by atoms with van der Waals surface area (Å²) in [7, 11) is 0.305. The molecule has 0 bridgehead atoms. The molecule has 170 valence electrons. The lowest BCUT2D eigenvalue weighted by molar-refractivity contribution is 0.904. The van der Waals surface area contributed by atoms with Crippen LogP contribution in [0, 0.1) is 0 Å². The Hall–Kier alpha value is -3.89. The fourth-order valence-corrected chi connectivity index (χ4v) is 6.45. The van der Waals surface area contributed by atoms with Gasteiger partial charge in [0.05, 0.1) is 15.2 Å². The highest BCUT2D eigenvalue weighted by molar-refractivity contribution is 6.62. The first kappa shape index (κ1) is 22.9. The van der Waals surface area contributed by atoms with E-state index in [1.165, 1.54) is 27.5 Å². The quantitative estimate of drug-likeness (QED) is 0.219. The SMILES string of the molecule is B(c1nccn1C[SiH2]C(=Cc1ccccc1)c1ccccc1)C(c1ccccc1)c1ccccc1. The van der Waals surface area contributed by atoms with Crippen molar-refractivity contribution in [3.8, 4) is 0 Å². The van der Waals surface area contributed by atoms with Crippen LogP contribution >= 0.6 is 0 Å². The van der Waals surface area contributed by atoms with Crippen LogP contribution < -0.4 is 5.72 Å². The van der Waals surface area contributed by atoms with E-state index in [0.717, 1.165) is 19.2 Å². The molecule has 0 aliphatic carbocycles. The molecule has 0 spiro atoms. The third kappa shape index (κ3) is 5.97. The van der Waals surface area contributed by atoms with Gasteiger partial charge in [0.1, 0.15) is 0 Å². The van der Waals surface area contributed by atoms with E-state index in [-0.39, 0.29) is 5.82 Å². The summed E-state index contributed by atoms with van der Waals surface area (Å²) in [4.78, 5) is 4.81. The third-order valence-electron chi connectivity index (χ3n) is 6.50. The zero-order valence-electron chi connectivity index (χ0n) is 19.9. The van der Waals surface area contributed by atoms with Gasteiger partial charge in [-0.15, -0.1) is 0 Å². The highest BCUT2D eigenvalue weighted by Gasteiger charge is 2.19. The molecular formula is C31H29BN2Si. The molecule has 0 N–H and O–H groups in total. The highest BCUT2D eigenvalue weighted by atomic mass is 28.2. The first-order valence-corrected chi connectivity index (χ1v) is 14.0. The van der Waals surface area contributed by atoms with Crippen molar-refractivity contribution >= 4 is 33.8 Å². The fraction of sp³-hybridized carbons (Fsp3) is 0.0645. The topological polar surface area (TPSA) is 17.8 Å². The Morgan fingerprint density at radius 2 is 1.29 bits per heavy atom. The summed E-state index contributed by atoms with van der Waals surface area (Å²) in [5, 5.41) is 1.47. The lowest BCUT2D eigenvalue weighted by Gasteiger charge is -2.18. The molecule has 5 rings (SSSR count). The second-order valence-electron chi connectivity index (χ2n) is 8.81. The van der Waals surface area contributed by atoms with Gasteiger partial charge in [0.15, 0.2) is 0 Å². The first-order chi connectivity index (χ1) is 17.4. The zero-order valence-corrected chi connectivity index (χ0v) is 21.3. The van der Waals surface area contributed by atoms with Crippen LogP contribution in [0.4, 0.5) is 0 Å². The third-order valence-corrected chi connectivity index (χ3v) is 8.36. The van der Waals surface area contributed by atoms with Crippen molar-refractivity contribution in [3.05, 3.63) is 156 Å². The van der Waals surface area contributed by atoms with Crippen LogP contribution in [0.5, 0.6) is 0 Å². The number of hydrogen-bond donors (Lipinski definition) is 0. The first-order valence-electron chi connectivity index (χ1n) is 12.3. The Labute approximate surface area is 211 Å². The van der Waals surface area contributed by atoms with Crippen molar-refractivity contribution in [1.29, 1.82) is 0 Å².